The molecule has 1 amide bonds. The second kappa shape index (κ2) is 8.63. The first-order valence-corrected chi connectivity index (χ1v) is 8.64. The lowest BCUT2D eigenvalue weighted by molar-refractivity contribution is -0.384. The van der Waals surface area contributed by atoms with Gasteiger partial charge in [0.05, 0.1) is 23.7 Å². The van der Waals surface area contributed by atoms with Gasteiger partial charge in [-0.3, -0.25) is 10.1 Å². The normalized spacial score (nSPS) is 12.1. The second-order valence-electron chi connectivity index (χ2n) is 7.15. The molecule has 2 aromatic rings. The summed E-state index contributed by atoms with van der Waals surface area (Å²) in [6.07, 6.45) is -1.04. The molecule has 1 atom stereocenters. The van der Waals surface area contributed by atoms with Gasteiger partial charge in [0, 0.05) is 6.42 Å². The summed E-state index contributed by atoms with van der Waals surface area (Å²) in [6, 6.07) is 5.99. The minimum absolute atomic E-state index is 0.168. The van der Waals surface area contributed by atoms with Gasteiger partial charge in [-0.2, -0.15) is 0 Å². The Hall–Kier alpha value is -3.56. The van der Waals surface area contributed by atoms with E-state index in [1.54, 1.807) is 26.8 Å². The van der Waals surface area contributed by atoms with Crippen LogP contribution < -0.4 is 10.1 Å². The first kappa shape index (κ1) is 21.7. The number of carboxylic acid groups (broad SMARTS) is 1. The third-order valence-electron chi connectivity index (χ3n) is 3.72. The highest BCUT2D eigenvalue weighted by molar-refractivity contribution is 5.80. The highest BCUT2D eigenvalue weighted by Crippen LogP contribution is 2.34. The van der Waals surface area contributed by atoms with Crippen LogP contribution in [-0.4, -0.2) is 40.8 Å². The molecule has 0 aliphatic carbocycles. The van der Waals surface area contributed by atoms with Crippen LogP contribution in [-0.2, 0) is 16.0 Å². The monoisotopic (exact) mass is 406 g/mol. The van der Waals surface area contributed by atoms with Crippen LogP contribution in [0.3, 0.4) is 0 Å². The number of aliphatic carboxylic acids is 1. The molecule has 0 aliphatic heterocycles. The number of amides is 1. The molecule has 1 heterocycles. The fourth-order valence-electron chi connectivity index (χ4n) is 2.48. The largest absolute Gasteiger partial charge is 0.497 e. The molecule has 1 aromatic carbocycles. The standard InChI is InChI=1S/C19H22N2O8/c1-19(2,3)29-18(24)20-14(17(22)23)9-12-6-8-16(28-12)13-7-5-11(27-4)10-15(13)21(25)26/h5-8,10,14H,9H2,1-4H3,(H,20,24)(H,22,23). The number of nitrogens with zero attached hydrogens (tertiary/aromatic N) is 1. The van der Waals surface area contributed by atoms with Gasteiger partial charge >= 0.3 is 12.1 Å². The number of rotatable bonds is 7. The first-order valence-electron chi connectivity index (χ1n) is 8.64. The van der Waals surface area contributed by atoms with E-state index in [1.807, 2.05) is 0 Å². The summed E-state index contributed by atoms with van der Waals surface area (Å²) in [6.45, 7) is 4.97. The number of hydrogen-bond donors (Lipinski definition) is 2. The van der Waals surface area contributed by atoms with Crippen LogP contribution in [0.5, 0.6) is 5.75 Å². The van der Waals surface area contributed by atoms with E-state index < -0.39 is 28.6 Å². The van der Waals surface area contributed by atoms with Gasteiger partial charge in [-0.25, -0.2) is 9.59 Å². The van der Waals surface area contributed by atoms with E-state index in [2.05, 4.69) is 5.32 Å². The Morgan fingerprint density at radius 3 is 2.52 bits per heavy atom. The Morgan fingerprint density at radius 2 is 1.97 bits per heavy atom. The third-order valence-corrected chi connectivity index (χ3v) is 3.72. The van der Waals surface area contributed by atoms with Crippen LogP contribution in [0.4, 0.5) is 10.5 Å². The van der Waals surface area contributed by atoms with Gasteiger partial charge in [0.25, 0.3) is 5.69 Å². The van der Waals surface area contributed by atoms with Crippen LogP contribution in [0.1, 0.15) is 26.5 Å². The molecular formula is C19H22N2O8. The van der Waals surface area contributed by atoms with E-state index in [9.17, 15) is 24.8 Å². The summed E-state index contributed by atoms with van der Waals surface area (Å²) in [5.41, 5.74) is -0.779. The molecule has 10 nitrogen and oxygen atoms in total. The number of hydrogen-bond acceptors (Lipinski definition) is 7. The van der Waals surface area contributed by atoms with Crippen molar-refractivity contribution in [3.63, 3.8) is 0 Å². The Morgan fingerprint density at radius 1 is 1.28 bits per heavy atom. The number of carbonyl (C=O) groups is 2. The molecular weight excluding hydrogens is 384 g/mol. The van der Waals surface area contributed by atoms with Crippen molar-refractivity contribution >= 4 is 17.7 Å². The average Bonchev–Trinajstić information content (AvgIpc) is 3.07. The molecule has 156 valence electrons. The van der Waals surface area contributed by atoms with Gasteiger partial charge in [0.15, 0.2) is 0 Å². The molecule has 29 heavy (non-hydrogen) atoms. The minimum atomic E-state index is -1.30. The topological polar surface area (TPSA) is 141 Å². The summed E-state index contributed by atoms with van der Waals surface area (Å²) >= 11 is 0. The van der Waals surface area contributed by atoms with Gasteiger partial charge in [0.2, 0.25) is 0 Å². The molecule has 0 saturated carbocycles. The van der Waals surface area contributed by atoms with Crippen LogP contribution >= 0.6 is 0 Å². The summed E-state index contributed by atoms with van der Waals surface area (Å²) in [7, 11) is 1.40. The van der Waals surface area contributed by atoms with Crippen molar-refractivity contribution in [1.82, 2.24) is 5.32 Å². The average molecular weight is 406 g/mol. The van der Waals surface area contributed by atoms with Crippen molar-refractivity contribution in [2.75, 3.05) is 7.11 Å². The van der Waals surface area contributed by atoms with Crippen LogP contribution in [0.2, 0.25) is 0 Å². The lowest BCUT2D eigenvalue weighted by Gasteiger charge is -2.21. The maximum atomic E-state index is 11.9. The molecule has 0 fully saturated rings. The molecule has 0 radical (unpaired) electrons. The molecule has 1 aromatic heterocycles. The molecule has 10 heteroatoms. The highest BCUT2D eigenvalue weighted by Gasteiger charge is 2.26. The fraction of sp³-hybridized carbons (Fsp3) is 0.368. The lowest BCUT2D eigenvalue weighted by Crippen LogP contribution is -2.44. The maximum absolute atomic E-state index is 11.9. The van der Waals surface area contributed by atoms with Crippen molar-refractivity contribution in [2.45, 2.75) is 38.8 Å². The number of alkyl carbamates (subject to hydrolysis) is 1. The third kappa shape index (κ3) is 5.96. The number of carbonyl (C=O) groups excluding carboxylic acids is 1. The summed E-state index contributed by atoms with van der Waals surface area (Å²) < 4.78 is 15.7. The zero-order chi connectivity index (χ0) is 21.8. The number of carboxylic acids is 1. The minimum Gasteiger partial charge on any atom is -0.497 e. The van der Waals surface area contributed by atoms with Gasteiger partial charge in [-0.05, 0) is 45.0 Å². The van der Waals surface area contributed by atoms with Crippen LogP contribution in [0, 0.1) is 10.1 Å². The Labute approximate surface area is 166 Å². The van der Waals surface area contributed by atoms with E-state index in [4.69, 9.17) is 13.9 Å². The molecule has 0 spiro atoms. The number of furan rings is 1. The molecule has 1 unspecified atom stereocenters. The molecule has 2 rings (SSSR count). The van der Waals surface area contributed by atoms with E-state index in [0.717, 1.165) is 0 Å². The van der Waals surface area contributed by atoms with Gasteiger partial charge in [-0.15, -0.1) is 0 Å². The Bertz CT molecular complexity index is 913. The SMILES string of the molecule is COc1ccc(-c2ccc(CC(NC(=O)OC(C)(C)C)C(=O)O)o2)c([N+](=O)[O-])c1. The summed E-state index contributed by atoms with van der Waals surface area (Å²) in [4.78, 5) is 34.1. The predicted molar refractivity (Wildman–Crippen MR) is 102 cm³/mol. The van der Waals surface area contributed by atoms with Crippen LogP contribution in [0.15, 0.2) is 34.7 Å². The van der Waals surface area contributed by atoms with E-state index in [1.165, 1.54) is 31.4 Å². The highest BCUT2D eigenvalue weighted by atomic mass is 16.6. The van der Waals surface area contributed by atoms with Crippen molar-refractivity contribution in [3.05, 3.63) is 46.2 Å². The molecule has 0 saturated heterocycles. The molecule has 2 N–H and O–H groups in total. The van der Waals surface area contributed by atoms with Crippen LogP contribution in [0.25, 0.3) is 11.3 Å². The zero-order valence-corrected chi connectivity index (χ0v) is 16.4. The first-order chi connectivity index (χ1) is 13.5. The number of nitrogens with one attached hydrogen (secondary N) is 1. The van der Waals surface area contributed by atoms with E-state index >= 15 is 0 Å². The van der Waals surface area contributed by atoms with Gasteiger partial charge in [-0.1, -0.05) is 0 Å². The quantitative estimate of drug-likeness (QED) is 0.526. The number of nitro benzene ring substituents is 1. The Kier molecular flexibility index (Phi) is 6.47. The fourth-order valence-corrected chi connectivity index (χ4v) is 2.48. The van der Waals surface area contributed by atoms with Crippen molar-refractivity contribution < 1.29 is 33.5 Å². The lowest BCUT2D eigenvalue weighted by atomic mass is 10.1. The molecule has 0 aliphatic rings. The number of nitro groups is 1. The van der Waals surface area contributed by atoms with Gasteiger partial charge in [0.1, 0.15) is 28.9 Å². The van der Waals surface area contributed by atoms with Gasteiger partial charge < -0.3 is 24.3 Å². The Balaban J connectivity index is 2.21. The molecule has 0 bridgehead atoms. The number of benzene rings is 1. The summed E-state index contributed by atoms with van der Waals surface area (Å²) in [5, 5.41) is 23.0. The maximum Gasteiger partial charge on any atom is 0.408 e. The number of methoxy groups -OCH3 is 1. The zero-order valence-electron chi connectivity index (χ0n) is 16.4. The van der Waals surface area contributed by atoms with Crippen molar-refractivity contribution in [3.8, 4) is 17.1 Å². The number of ether oxygens (including phenoxy) is 2. The van der Waals surface area contributed by atoms with Crippen molar-refractivity contribution in [1.29, 1.82) is 0 Å². The summed E-state index contributed by atoms with van der Waals surface area (Å²) in [5.74, 6) is -0.534. The van der Waals surface area contributed by atoms with E-state index in [-0.39, 0.29) is 29.2 Å². The van der Waals surface area contributed by atoms with E-state index in [0.29, 0.717) is 5.75 Å². The predicted octanol–water partition coefficient (Wildman–Crippen LogP) is 3.38. The van der Waals surface area contributed by atoms with Crippen molar-refractivity contribution in [2.24, 2.45) is 0 Å². The smallest absolute Gasteiger partial charge is 0.408 e. The second-order valence-corrected chi connectivity index (χ2v) is 7.15.